The van der Waals surface area contributed by atoms with Crippen LogP contribution in [0.15, 0.2) is 16.8 Å². The van der Waals surface area contributed by atoms with Crippen LogP contribution in [0.3, 0.4) is 0 Å². The highest BCUT2D eigenvalue weighted by atomic mass is 35.5. The van der Waals surface area contributed by atoms with E-state index in [0.29, 0.717) is 6.54 Å². The maximum Gasteiger partial charge on any atom is 0.223 e. The first kappa shape index (κ1) is 14.5. The van der Waals surface area contributed by atoms with Crippen LogP contribution >= 0.6 is 23.7 Å². The van der Waals surface area contributed by atoms with Crippen LogP contribution < -0.4 is 11.1 Å². The maximum atomic E-state index is 11.9. The quantitative estimate of drug-likeness (QED) is 0.889. The molecule has 1 aliphatic rings. The first-order chi connectivity index (χ1) is 7.75. The summed E-state index contributed by atoms with van der Waals surface area (Å²) in [5.74, 6) is 0.295. The smallest absolute Gasteiger partial charge is 0.223 e. The molecule has 0 spiro atoms. The summed E-state index contributed by atoms with van der Waals surface area (Å²) in [5, 5.41) is 7.08. The lowest BCUT2D eigenvalue weighted by molar-refractivity contribution is -0.126. The van der Waals surface area contributed by atoms with Gasteiger partial charge in [0.05, 0.1) is 0 Å². The number of rotatable bonds is 3. The molecule has 0 aromatic carbocycles. The van der Waals surface area contributed by atoms with Gasteiger partial charge < -0.3 is 11.1 Å². The fraction of sp³-hybridized carbons (Fsp3) is 0.583. The number of amides is 1. The summed E-state index contributed by atoms with van der Waals surface area (Å²) in [7, 11) is 0. The highest BCUT2D eigenvalue weighted by Crippen LogP contribution is 2.23. The van der Waals surface area contributed by atoms with Crippen molar-refractivity contribution in [2.45, 2.75) is 38.3 Å². The Morgan fingerprint density at radius 2 is 2.35 bits per heavy atom. The molecule has 17 heavy (non-hydrogen) atoms. The normalized spacial score (nSPS) is 23.8. The first-order valence-electron chi connectivity index (χ1n) is 5.80. The van der Waals surface area contributed by atoms with Crippen LogP contribution in [0.4, 0.5) is 0 Å². The summed E-state index contributed by atoms with van der Waals surface area (Å²) in [6, 6.07) is 2.25. The van der Waals surface area contributed by atoms with E-state index in [-0.39, 0.29) is 30.3 Å². The summed E-state index contributed by atoms with van der Waals surface area (Å²) in [4.78, 5) is 11.9. The van der Waals surface area contributed by atoms with Crippen molar-refractivity contribution in [3.8, 4) is 0 Å². The van der Waals surface area contributed by atoms with Gasteiger partial charge in [-0.15, -0.1) is 12.4 Å². The van der Waals surface area contributed by atoms with E-state index >= 15 is 0 Å². The summed E-state index contributed by atoms with van der Waals surface area (Å²) in [5.41, 5.74) is 7.05. The average molecular weight is 275 g/mol. The zero-order valence-corrected chi connectivity index (χ0v) is 11.4. The highest BCUT2D eigenvalue weighted by Gasteiger charge is 2.24. The van der Waals surface area contributed by atoms with Crippen molar-refractivity contribution in [2.75, 3.05) is 0 Å². The van der Waals surface area contributed by atoms with Crippen molar-refractivity contribution in [1.29, 1.82) is 0 Å². The van der Waals surface area contributed by atoms with E-state index in [1.165, 1.54) is 5.56 Å². The van der Waals surface area contributed by atoms with E-state index in [1.54, 1.807) is 11.3 Å². The number of hydrogen-bond acceptors (Lipinski definition) is 3. The molecule has 96 valence electrons. The molecule has 1 aliphatic carbocycles. The Kier molecular flexibility index (Phi) is 5.95. The minimum absolute atomic E-state index is 0. The number of carbonyl (C=O) groups is 1. The first-order valence-corrected chi connectivity index (χ1v) is 6.74. The summed E-state index contributed by atoms with van der Waals surface area (Å²) in [6.45, 7) is 0.647. The zero-order chi connectivity index (χ0) is 11.4. The highest BCUT2D eigenvalue weighted by molar-refractivity contribution is 7.07. The number of hydrogen-bond donors (Lipinski definition) is 2. The van der Waals surface area contributed by atoms with E-state index < -0.39 is 0 Å². The molecule has 2 rings (SSSR count). The second-order valence-electron chi connectivity index (χ2n) is 4.47. The molecule has 2 atom stereocenters. The van der Waals surface area contributed by atoms with E-state index in [2.05, 4.69) is 10.7 Å². The summed E-state index contributed by atoms with van der Waals surface area (Å²) in [6.07, 6.45) is 3.98. The Morgan fingerprint density at radius 3 is 3.00 bits per heavy atom. The molecule has 1 saturated carbocycles. The molecular weight excluding hydrogens is 256 g/mol. The average Bonchev–Trinajstić information content (AvgIpc) is 2.78. The molecule has 1 fully saturated rings. The largest absolute Gasteiger partial charge is 0.352 e. The minimum atomic E-state index is 0. The molecule has 3 nitrogen and oxygen atoms in total. The van der Waals surface area contributed by atoms with Gasteiger partial charge in [0, 0.05) is 18.5 Å². The predicted molar refractivity (Wildman–Crippen MR) is 73.3 cm³/mol. The number of halogens is 1. The van der Waals surface area contributed by atoms with E-state index in [9.17, 15) is 4.79 Å². The van der Waals surface area contributed by atoms with Crippen molar-refractivity contribution in [3.63, 3.8) is 0 Å². The molecule has 0 aliphatic heterocycles. The second-order valence-corrected chi connectivity index (χ2v) is 5.25. The van der Waals surface area contributed by atoms with Crippen molar-refractivity contribution < 1.29 is 4.79 Å². The van der Waals surface area contributed by atoms with Crippen molar-refractivity contribution in [1.82, 2.24) is 5.32 Å². The lowest BCUT2D eigenvalue weighted by atomic mass is 9.85. The van der Waals surface area contributed by atoms with Crippen LogP contribution in [-0.2, 0) is 11.3 Å². The molecule has 1 amide bonds. The summed E-state index contributed by atoms with van der Waals surface area (Å²) < 4.78 is 0. The lowest BCUT2D eigenvalue weighted by Gasteiger charge is -2.25. The Balaban J connectivity index is 0.00000144. The Bertz CT molecular complexity index is 342. The maximum absolute atomic E-state index is 11.9. The monoisotopic (exact) mass is 274 g/mol. The molecule has 5 heteroatoms. The van der Waals surface area contributed by atoms with Gasteiger partial charge in [-0.3, -0.25) is 4.79 Å². The summed E-state index contributed by atoms with van der Waals surface area (Å²) >= 11 is 1.66. The molecular formula is C12H19ClN2OS. The molecule has 1 heterocycles. The second kappa shape index (κ2) is 6.99. The molecule has 3 N–H and O–H groups in total. The molecule has 0 radical (unpaired) electrons. The van der Waals surface area contributed by atoms with Crippen LogP contribution in [0.1, 0.15) is 31.2 Å². The van der Waals surface area contributed by atoms with Crippen LogP contribution in [0.25, 0.3) is 0 Å². The Hall–Kier alpha value is -0.580. The van der Waals surface area contributed by atoms with Crippen LogP contribution in [0.2, 0.25) is 0 Å². The van der Waals surface area contributed by atoms with Gasteiger partial charge in [-0.25, -0.2) is 0 Å². The lowest BCUT2D eigenvalue weighted by Crippen LogP contribution is -2.37. The van der Waals surface area contributed by atoms with Gasteiger partial charge in [0.2, 0.25) is 5.91 Å². The van der Waals surface area contributed by atoms with Gasteiger partial charge in [0.1, 0.15) is 0 Å². The van der Waals surface area contributed by atoms with Gasteiger partial charge in [0.25, 0.3) is 0 Å². The van der Waals surface area contributed by atoms with Gasteiger partial charge >= 0.3 is 0 Å². The molecule has 0 bridgehead atoms. The van der Waals surface area contributed by atoms with E-state index in [0.717, 1.165) is 25.7 Å². The SMILES string of the molecule is Cl.NC1CCCC(C(=O)NCc2ccsc2)C1. The van der Waals surface area contributed by atoms with Gasteiger partial charge in [-0.2, -0.15) is 11.3 Å². The predicted octanol–water partition coefficient (Wildman–Crippen LogP) is 2.30. The topological polar surface area (TPSA) is 55.1 Å². The Morgan fingerprint density at radius 1 is 1.53 bits per heavy atom. The van der Waals surface area contributed by atoms with Gasteiger partial charge in [0.15, 0.2) is 0 Å². The number of carbonyl (C=O) groups excluding carboxylic acids is 1. The van der Waals surface area contributed by atoms with Crippen molar-refractivity contribution in [3.05, 3.63) is 22.4 Å². The van der Waals surface area contributed by atoms with Crippen molar-refractivity contribution >= 4 is 29.7 Å². The third-order valence-electron chi connectivity index (χ3n) is 3.13. The van der Waals surface area contributed by atoms with Gasteiger partial charge in [-0.1, -0.05) is 6.42 Å². The standard InChI is InChI=1S/C12H18N2OS.ClH/c13-11-3-1-2-10(6-11)12(15)14-7-9-4-5-16-8-9;/h4-5,8,10-11H,1-3,6-7,13H2,(H,14,15);1H. The van der Waals surface area contributed by atoms with Crippen LogP contribution in [0, 0.1) is 5.92 Å². The molecule has 1 aromatic heterocycles. The fourth-order valence-corrected chi connectivity index (χ4v) is 2.86. The molecule has 2 unspecified atom stereocenters. The van der Waals surface area contributed by atoms with Crippen molar-refractivity contribution in [2.24, 2.45) is 11.7 Å². The number of thiophene rings is 1. The molecule has 1 aromatic rings. The number of nitrogens with two attached hydrogens (primary N) is 1. The zero-order valence-electron chi connectivity index (χ0n) is 9.72. The van der Waals surface area contributed by atoms with E-state index in [1.807, 2.05) is 11.4 Å². The minimum Gasteiger partial charge on any atom is -0.352 e. The fourth-order valence-electron chi connectivity index (χ4n) is 2.19. The third-order valence-corrected chi connectivity index (χ3v) is 3.86. The van der Waals surface area contributed by atoms with Gasteiger partial charge in [-0.05, 0) is 41.7 Å². The van der Waals surface area contributed by atoms with Crippen LogP contribution in [0.5, 0.6) is 0 Å². The number of nitrogens with one attached hydrogen (secondary N) is 1. The Labute approximate surface area is 112 Å². The van der Waals surface area contributed by atoms with E-state index in [4.69, 9.17) is 5.73 Å². The van der Waals surface area contributed by atoms with Crippen LogP contribution in [-0.4, -0.2) is 11.9 Å². The molecule has 0 saturated heterocycles. The third kappa shape index (κ3) is 4.30.